The number of rotatable bonds is 12. The molecule has 0 saturated carbocycles. The van der Waals surface area contributed by atoms with E-state index in [1.165, 1.54) is 56.7 Å². The van der Waals surface area contributed by atoms with Crippen molar-refractivity contribution < 1.29 is 24.5 Å². The molecule has 0 fully saturated rings. The van der Waals surface area contributed by atoms with Crippen molar-refractivity contribution >= 4 is 17.7 Å². The van der Waals surface area contributed by atoms with Crippen LogP contribution in [-0.4, -0.2) is 28.9 Å². The molecule has 0 saturated heterocycles. The summed E-state index contributed by atoms with van der Waals surface area (Å²) in [4.78, 5) is 22.6. The normalized spacial score (nSPS) is 10.4. The first-order chi connectivity index (χ1) is 12.1. The molecule has 1 rings (SSSR count). The monoisotopic (exact) mass is 351 g/mol. The third-order valence-electron chi connectivity index (χ3n) is 3.98. The minimum atomic E-state index is -1.26. The molecule has 0 spiro atoms. The summed E-state index contributed by atoms with van der Waals surface area (Å²) in [6.07, 6.45) is 9.92. The van der Waals surface area contributed by atoms with E-state index in [2.05, 4.69) is 12.2 Å². The number of carbonyl (C=O) groups is 2. The molecular formula is C19H29NO5. The molecule has 0 radical (unpaired) electrons. The Balaban J connectivity index is 2.16. The topological polar surface area (TPSA) is 95.9 Å². The molecule has 6 nitrogen and oxygen atoms in total. The smallest absolute Gasteiger partial charge is 0.411 e. The van der Waals surface area contributed by atoms with Crippen molar-refractivity contribution in [2.45, 2.75) is 64.7 Å². The third kappa shape index (κ3) is 8.42. The van der Waals surface area contributed by atoms with Crippen LogP contribution < -0.4 is 5.32 Å². The lowest BCUT2D eigenvalue weighted by Crippen LogP contribution is -2.15. The van der Waals surface area contributed by atoms with Gasteiger partial charge in [-0.2, -0.15) is 0 Å². The zero-order chi connectivity index (χ0) is 18.5. The van der Waals surface area contributed by atoms with Gasteiger partial charge in [-0.05, 0) is 18.6 Å². The second-order valence-electron chi connectivity index (χ2n) is 6.10. The van der Waals surface area contributed by atoms with Gasteiger partial charge in [-0.25, -0.2) is 9.59 Å². The van der Waals surface area contributed by atoms with Crippen LogP contribution in [0.3, 0.4) is 0 Å². The number of hydrogen-bond donors (Lipinski definition) is 3. The Morgan fingerprint density at radius 1 is 1.00 bits per heavy atom. The number of carboxylic acid groups (broad SMARTS) is 1. The van der Waals surface area contributed by atoms with Gasteiger partial charge in [0.2, 0.25) is 0 Å². The first kappa shape index (κ1) is 20.8. The van der Waals surface area contributed by atoms with Crippen molar-refractivity contribution in [1.82, 2.24) is 0 Å². The summed E-state index contributed by atoms with van der Waals surface area (Å²) >= 11 is 0. The lowest BCUT2D eigenvalue weighted by molar-refractivity contribution is 0.0693. The molecule has 0 bridgehead atoms. The molecule has 0 atom stereocenters. The van der Waals surface area contributed by atoms with Crippen LogP contribution >= 0.6 is 0 Å². The molecule has 3 N–H and O–H groups in total. The Bertz CT molecular complexity index is 545. The molecule has 6 heteroatoms. The Labute approximate surface area is 149 Å². The quantitative estimate of drug-likeness (QED) is 0.356. The van der Waals surface area contributed by atoms with Crippen LogP contribution in [0.5, 0.6) is 5.75 Å². The second kappa shape index (κ2) is 12.2. The average Bonchev–Trinajstić information content (AvgIpc) is 2.58. The van der Waals surface area contributed by atoms with Gasteiger partial charge < -0.3 is 14.9 Å². The molecule has 0 aliphatic rings. The van der Waals surface area contributed by atoms with Gasteiger partial charge >= 0.3 is 12.1 Å². The Hall–Kier alpha value is -2.24. The number of hydrogen-bond acceptors (Lipinski definition) is 4. The number of ether oxygens (including phenoxy) is 1. The highest BCUT2D eigenvalue weighted by atomic mass is 16.5. The number of carbonyl (C=O) groups excluding carboxylic acids is 1. The second-order valence-corrected chi connectivity index (χ2v) is 6.10. The predicted molar refractivity (Wildman–Crippen MR) is 97.3 cm³/mol. The molecule has 0 aliphatic carbocycles. The van der Waals surface area contributed by atoms with E-state index >= 15 is 0 Å². The maximum atomic E-state index is 11.7. The van der Waals surface area contributed by atoms with Crippen LogP contribution in [-0.2, 0) is 4.74 Å². The largest absolute Gasteiger partial charge is 0.505 e. The molecule has 1 aromatic rings. The molecular weight excluding hydrogens is 322 g/mol. The van der Waals surface area contributed by atoms with Crippen molar-refractivity contribution in [2.24, 2.45) is 0 Å². The van der Waals surface area contributed by atoms with Gasteiger partial charge in [0.25, 0.3) is 0 Å². The van der Waals surface area contributed by atoms with Crippen LogP contribution in [0.1, 0.15) is 75.1 Å². The fraction of sp³-hybridized carbons (Fsp3) is 0.579. The van der Waals surface area contributed by atoms with Gasteiger partial charge in [-0.3, -0.25) is 5.32 Å². The fourth-order valence-corrected chi connectivity index (χ4v) is 2.54. The highest BCUT2D eigenvalue weighted by molar-refractivity contribution is 5.96. The van der Waals surface area contributed by atoms with Crippen LogP contribution in [0.25, 0.3) is 0 Å². The SMILES string of the molecule is CCCCCCCCCCCOC(=O)Nc1cccc(C(=O)O)c1O. The van der Waals surface area contributed by atoms with Crippen molar-refractivity contribution in [3.05, 3.63) is 23.8 Å². The van der Waals surface area contributed by atoms with Crippen molar-refractivity contribution in [3.8, 4) is 5.75 Å². The number of unbranched alkanes of at least 4 members (excludes halogenated alkanes) is 8. The summed E-state index contributed by atoms with van der Waals surface area (Å²) < 4.78 is 5.05. The Kier molecular flexibility index (Phi) is 10.1. The molecule has 0 heterocycles. The van der Waals surface area contributed by atoms with Crippen LogP contribution in [0.4, 0.5) is 10.5 Å². The van der Waals surface area contributed by atoms with E-state index in [9.17, 15) is 14.7 Å². The molecule has 0 aliphatic heterocycles. The minimum absolute atomic E-state index is 0.0250. The van der Waals surface area contributed by atoms with E-state index in [1.54, 1.807) is 0 Å². The van der Waals surface area contributed by atoms with Crippen molar-refractivity contribution in [2.75, 3.05) is 11.9 Å². The number of benzene rings is 1. The molecule has 25 heavy (non-hydrogen) atoms. The summed E-state index contributed by atoms with van der Waals surface area (Å²) in [5.74, 6) is -1.74. The van der Waals surface area contributed by atoms with Gasteiger partial charge in [0.15, 0.2) is 5.75 Å². The van der Waals surface area contributed by atoms with Crippen LogP contribution in [0, 0.1) is 0 Å². The first-order valence-electron chi connectivity index (χ1n) is 9.05. The first-order valence-corrected chi connectivity index (χ1v) is 9.05. The maximum Gasteiger partial charge on any atom is 0.411 e. The van der Waals surface area contributed by atoms with Crippen LogP contribution in [0.15, 0.2) is 18.2 Å². The lowest BCUT2D eigenvalue weighted by atomic mass is 10.1. The number of aromatic hydroxyl groups is 1. The highest BCUT2D eigenvalue weighted by Crippen LogP contribution is 2.27. The number of amides is 1. The van der Waals surface area contributed by atoms with Crippen molar-refractivity contribution in [1.29, 1.82) is 0 Å². The standard InChI is InChI=1S/C19H29NO5/c1-2-3-4-5-6-7-8-9-10-14-25-19(24)20-16-13-11-12-15(17(16)21)18(22)23/h11-13,21H,2-10,14H2,1H3,(H,20,24)(H,22,23). The van der Waals surface area contributed by atoms with Gasteiger partial charge in [0, 0.05) is 0 Å². The van der Waals surface area contributed by atoms with Gasteiger partial charge in [-0.1, -0.05) is 64.4 Å². The highest BCUT2D eigenvalue weighted by Gasteiger charge is 2.14. The zero-order valence-corrected chi connectivity index (χ0v) is 14.9. The summed E-state index contributed by atoms with van der Waals surface area (Å²) in [6, 6.07) is 4.12. The van der Waals surface area contributed by atoms with E-state index in [1.807, 2.05) is 0 Å². The van der Waals surface area contributed by atoms with Crippen LogP contribution in [0.2, 0.25) is 0 Å². The van der Waals surface area contributed by atoms with E-state index in [4.69, 9.17) is 9.84 Å². The predicted octanol–water partition coefficient (Wildman–Crippen LogP) is 5.17. The molecule has 0 aromatic heterocycles. The van der Waals surface area contributed by atoms with Gasteiger partial charge in [0.05, 0.1) is 12.3 Å². The lowest BCUT2D eigenvalue weighted by Gasteiger charge is -2.09. The number of para-hydroxylation sites is 1. The summed E-state index contributed by atoms with van der Waals surface area (Å²) in [6.45, 7) is 2.52. The molecule has 1 aromatic carbocycles. The molecule has 0 unspecified atom stereocenters. The molecule has 140 valence electrons. The summed E-state index contributed by atoms with van der Waals surface area (Å²) in [5.41, 5.74) is -0.242. The Morgan fingerprint density at radius 2 is 1.60 bits per heavy atom. The summed E-state index contributed by atoms with van der Waals surface area (Å²) in [5, 5.41) is 21.1. The van der Waals surface area contributed by atoms with Gasteiger partial charge in [-0.15, -0.1) is 0 Å². The number of aromatic carboxylic acids is 1. The van der Waals surface area contributed by atoms with E-state index in [0.29, 0.717) is 6.61 Å². The molecule has 1 amide bonds. The number of anilines is 1. The number of carboxylic acids is 1. The van der Waals surface area contributed by atoms with Crippen molar-refractivity contribution in [3.63, 3.8) is 0 Å². The van der Waals surface area contributed by atoms with E-state index in [0.717, 1.165) is 19.3 Å². The number of phenols is 1. The summed E-state index contributed by atoms with van der Waals surface area (Å²) in [7, 11) is 0. The zero-order valence-electron chi connectivity index (χ0n) is 14.9. The minimum Gasteiger partial charge on any atom is -0.505 e. The van der Waals surface area contributed by atoms with Gasteiger partial charge in [0.1, 0.15) is 5.56 Å². The third-order valence-corrected chi connectivity index (χ3v) is 3.98. The maximum absolute atomic E-state index is 11.7. The average molecular weight is 351 g/mol. The number of nitrogens with one attached hydrogen (secondary N) is 1. The fourth-order valence-electron chi connectivity index (χ4n) is 2.54. The van der Waals surface area contributed by atoms with E-state index < -0.39 is 17.8 Å². The Morgan fingerprint density at radius 3 is 2.20 bits per heavy atom. The van der Waals surface area contributed by atoms with E-state index in [-0.39, 0.29) is 11.3 Å².